The maximum absolute atomic E-state index is 13.8. The van der Waals surface area contributed by atoms with Crippen LogP contribution in [-0.2, 0) is 9.53 Å². The van der Waals surface area contributed by atoms with E-state index in [-0.39, 0.29) is 11.4 Å². The molecule has 1 saturated heterocycles. The molecule has 0 atom stereocenters. The van der Waals surface area contributed by atoms with Gasteiger partial charge >= 0.3 is 0 Å². The number of hydrogen-bond acceptors (Lipinski definition) is 4. The summed E-state index contributed by atoms with van der Waals surface area (Å²) in [6, 6.07) is 3.15. The summed E-state index contributed by atoms with van der Waals surface area (Å²) in [5.41, 5.74) is -0.654. The highest BCUT2D eigenvalue weighted by molar-refractivity contribution is 6.45. The molecule has 1 aliphatic heterocycles. The predicted octanol–water partition coefficient (Wildman–Crippen LogP) is 2.21. The fraction of sp³-hybridized carbons (Fsp3) is 0.421. The minimum Gasteiger partial charge on any atom is -0.381 e. The van der Waals surface area contributed by atoms with Gasteiger partial charge in [0.05, 0.1) is 5.70 Å². The number of benzene rings is 1. The van der Waals surface area contributed by atoms with Gasteiger partial charge in [-0.1, -0.05) is 12.1 Å². The second kappa shape index (κ2) is 9.91. The lowest BCUT2D eigenvalue weighted by Gasteiger charge is -2.22. The van der Waals surface area contributed by atoms with E-state index >= 15 is 0 Å². The lowest BCUT2D eigenvalue weighted by atomic mass is 10.0. The highest BCUT2D eigenvalue weighted by Crippen LogP contribution is 2.14. The van der Waals surface area contributed by atoms with Gasteiger partial charge in [-0.25, -0.2) is 8.78 Å². The van der Waals surface area contributed by atoms with E-state index in [1.807, 2.05) is 0 Å². The zero-order valence-electron chi connectivity index (χ0n) is 15.4. The summed E-state index contributed by atoms with van der Waals surface area (Å²) in [5.74, 6) is -3.11. The monoisotopic (exact) mass is 379 g/mol. The Morgan fingerprint density at radius 3 is 2.44 bits per heavy atom. The Bertz CT molecular complexity index is 736. The summed E-state index contributed by atoms with van der Waals surface area (Å²) in [5, 5.41) is 5.15. The minimum absolute atomic E-state index is 0.0188. The maximum atomic E-state index is 13.8. The van der Waals surface area contributed by atoms with Crippen molar-refractivity contribution in [2.75, 3.05) is 26.8 Å². The summed E-state index contributed by atoms with van der Waals surface area (Å²) in [7, 11) is 1.41. The largest absolute Gasteiger partial charge is 0.381 e. The molecule has 1 aliphatic rings. The molecule has 2 N–H and O–H groups in total. The summed E-state index contributed by atoms with van der Waals surface area (Å²) in [4.78, 5) is 28.7. The number of halogens is 2. The molecule has 0 spiro atoms. The molecule has 0 aliphatic carbocycles. The van der Waals surface area contributed by atoms with E-state index in [4.69, 9.17) is 4.74 Å². The van der Waals surface area contributed by atoms with Crippen molar-refractivity contribution in [1.82, 2.24) is 10.6 Å². The van der Waals surface area contributed by atoms with Crippen LogP contribution in [0.15, 0.2) is 35.0 Å². The summed E-state index contributed by atoms with van der Waals surface area (Å²) >= 11 is 0. The summed E-state index contributed by atoms with van der Waals surface area (Å²) < 4.78 is 32.8. The topological polar surface area (TPSA) is 79.8 Å². The number of ether oxygens (including phenoxy) is 1. The normalized spacial score (nSPS) is 16.1. The molecule has 0 radical (unpaired) electrons. The van der Waals surface area contributed by atoms with Crippen molar-refractivity contribution in [3.8, 4) is 0 Å². The van der Waals surface area contributed by atoms with Crippen molar-refractivity contribution in [2.24, 2.45) is 10.9 Å². The third-order valence-corrected chi connectivity index (χ3v) is 4.31. The van der Waals surface area contributed by atoms with Gasteiger partial charge in [0.1, 0.15) is 22.9 Å². The summed E-state index contributed by atoms with van der Waals surface area (Å²) in [6.07, 6.45) is 3.17. The fourth-order valence-electron chi connectivity index (χ4n) is 2.78. The van der Waals surface area contributed by atoms with Crippen LogP contribution in [0.25, 0.3) is 0 Å². The molecule has 27 heavy (non-hydrogen) atoms. The van der Waals surface area contributed by atoms with Crippen LogP contribution < -0.4 is 10.6 Å². The molecule has 1 aromatic rings. The van der Waals surface area contributed by atoms with Crippen molar-refractivity contribution in [3.63, 3.8) is 0 Å². The van der Waals surface area contributed by atoms with Gasteiger partial charge in [0.25, 0.3) is 11.8 Å². The molecular weight excluding hydrogens is 356 g/mol. The van der Waals surface area contributed by atoms with Crippen LogP contribution in [0.1, 0.15) is 30.1 Å². The lowest BCUT2D eigenvalue weighted by Crippen LogP contribution is -2.40. The number of nitrogens with one attached hydrogen (secondary N) is 2. The van der Waals surface area contributed by atoms with Gasteiger partial charge < -0.3 is 15.4 Å². The standard InChI is InChI=1S/C19H23F2N3O3/c1-3-15(24-18(25)16-13(20)5-4-6-14(16)21)17(22-2)19(26)23-11-12-7-9-27-10-8-12/h3-6,12H,7-11H2,1-2H3,(H,23,26)(H,24,25)/b15-3+,22-17+. The van der Waals surface area contributed by atoms with Crippen LogP contribution >= 0.6 is 0 Å². The Morgan fingerprint density at radius 2 is 1.89 bits per heavy atom. The van der Waals surface area contributed by atoms with Crippen molar-refractivity contribution in [3.05, 3.63) is 47.2 Å². The number of hydrogen-bond donors (Lipinski definition) is 2. The molecule has 0 unspecified atom stereocenters. The van der Waals surface area contributed by atoms with E-state index in [1.165, 1.54) is 19.2 Å². The van der Waals surface area contributed by atoms with Crippen LogP contribution in [0.2, 0.25) is 0 Å². The van der Waals surface area contributed by atoms with Gasteiger partial charge in [0, 0.05) is 26.8 Å². The van der Waals surface area contributed by atoms with Gasteiger partial charge in [-0.2, -0.15) is 0 Å². The Morgan fingerprint density at radius 1 is 1.26 bits per heavy atom. The van der Waals surface area contributed by atoms with Gasteiger partial charge in [-0.15, -0.1) is 0 Å². The highest BCUT2D eigenvalue weighted by Gasteiger charge is 2.23. The van der Waals surface area contributed by atoms with E-state index in [2.05, 4.69) is 15.6 Å². The number of aliphatic imine (C=N–C) groups is 1. The third kappa shape index (κ3) is 5.43. The first-order valence-corrected chi connectivity index (χ1v) is 8.72. The Labute approximate surface area is 156 Å². The molecule has 1 fully saturated rings. The summed E-state index contributed by atoms with van der Waals surface area (Å²) in [6.45, 7) is 3.39. The minimum atomic E-state index is -0.989. The first-order chi connectivity index (χ1) is 13.0. The van der Waals surface area contributed by atoms with E-state index < -0.39 is 29.0 Å². The van der Waals surface area contributed by atoms with E-state index in [9.17, 15) is 18.4 Å². The van der Waals surface area contributed by atoms with Crippen molar-refractivity contribution >= 4 is 17.5 Å². The second-order valence-corrected chi connectivity index (χ2v) is 6.09. The number of nitrogens with zero attached hydrogens (tertiary/aromatic N) is 1. The maximum Gasteiger partial charge on any atom is 0.271 e. The molecular formula is C19H23F2N3O3. The quantitative estimate of drug-likeness (QED) is 0.744. The van der Waals surface area contributed by atoms with Gasteiger partial charge in [0.2, 0.25) is 0 Å². The molecule has 0 saturated carbocycles. The lowest BCUT2D eigenvalue weighted by molar-refractivity contribution is -0.115. The van der Waals surface area contributed by atoms with Crippen molar-refractivity contribution < 1.29 is 23.1 Å². The van der Waals surface area contributed by atoms with Crippen LogP contribution in [0.4, 0.5) is 8.78 Å². The van der Waals surface area contributed by atoms with Gasteiger partial charge in [-0.3, -0.25) is 14.6 Å². The fourth-order valence-corrected chi connectivity index (χ4v) is 2.78. The smallest absolute Gasteiger partial charge is 0.271 e. The first kappa shape index (κ1) is 20.7. The highest BCUT2D eigenvalue weighted by atomic mass is 19.1. The molecule has 6 nitrogen and oxygen atoms in total. The molecule has 1 aromatic carbocycles. The molecule has 1 heterocycles. The number of carbonyl (C=O) groups excluding carboxylic acids is 2. The average Bonchev–Trinajstić information content (AvgIpc) is 2.66. The van der Waals surface area contributed by atoms with E-state index in [1.54, 1.807) is 6.92 Å². The number of carbonyl (C=O) groups is 2. The molecule has 146 valence electrons. The van der Waals surface area contributed by atoms with E-state index in [0.29, 0.717) is 25.7 Å². The van der Waals surface area contributed by atoms with E-state index in [0.717, 1.165) is 25.0 Å². The molecule has 2 rings (SSSR count). The zero-order valence-corrected chi connectivity index (χ0v) is 15.4. The Hall–Kier alpha value is -2.61. The number of amides is 2. The van der Waals surface area contributed by atoms with Crippen LogP contribution in [0.5, 0.6) is 0 Å². The molecule has 8 heteroatoms. The number of rotatable bonds is 6. The Kier molecular flexibility index (Phi) is 7.60. The third-order valence-electron chi connectivity index (χ3n) is 4.31. The predicted molar refractivity (Wildman–Crippen MR) is 97.5 cm³/mol. The second-order valence-electron chi connectivity index (χ2n) is 6.09. The van der Waals surface area contributed by atoms with Crippen LogP contribution in [0, 0.1) is 17.6 Å². The van der Waals surface area contributed by atoms with Gasteiger partial charge in [0.15, 0.2) is 0 Å². The SMILES string of the molecule is C/C=C(NC(=O)c1c(F)cccc1F)\C(=N/C)C(=O)NCC1CCOCC1. The average molecular weight is 379 g/mol. The van der Waals surface area contributed by atoms with Crippen molar-refractivity contribution in [2.45, 2.75) is 19.8 Å². The molecule has 0 aromatic heterocycles. The van der Waals surface area contributed by atoms with Crippen LogP contribution in [-0.4, -0.2) is 44.3 Å². The number of allylic oxidation sites excluding steroid dienone is 1. The molecule has 0 bridgehead atoms. The molecule has 2 amide bonds. The Balaban J connectivity index is 2.05. The van der Waals surface area contributed by atoms with Gasteiger partial charge in [-0.05, 0) is 37.8 Å². The first-order valence-electron chi connectivity index (χ1n) is 8.72. The van der Waals surface area contributed by atoms with Crippen LogP contribution in [0.3, 0.4) is 0 Å². The van der Waals surface area contributed by atoms with Crippen molar-refractivity contribution in [1.29, 1.82) is 0 Å². The zero-order chi connectivity index (χ0) is 19.8.